The zero-order valence-corrected chi connectivity index (χ0v) is 14.9. The van der Waals surface area contributed by atoms with E-state index in [0.29, 0.717) is 13.2 Å². The molecule has 146 valence electrons. The van der Waals surface area contributed by atoms with Gasteiger partial charge in [-0.05, 0) is 37.3 Å². The molecule has 3 rings (SSSR count). The molecular weight excluding hydrogens is 373 g/mol. The van der Waals surface area contributed by atoms with Crippen molar-refractivity contribution in [3.63, 3.8) is 0 Å². The first-order chi connectivity index (χ1) is 13.4. The summed E-state index contributed by atoms with van der Waals surface area (Å²) in [5.74, 6) is 0.264. The summed E-state index contributed by atoms with van der Waals surface area (Å²) in [7, 11) is 0. The Bertz CT molecular complexity index is 921. The van der Waals surface area contributed by atoms with Crippen LogP contribution >= 0.6 is 0 Å². The molecule has 3 aromatic rings. The molecule has 0 unspecified atom stereocenters. The minimum absolute atomic E-state index is 0.0514. The second-order valence-electron chi connectivity index (χ2n) is 5.58. The maximum atomic E-state index is 12.9. The van der Waals surface area contributed by atoms with Gasteiger partial charge in [0.05, 0.1) is 24.4 Å². The summed E-state index contributed by atoms with van der Waals surface area (Å²) >= 11 is 0. The highest BCUT2D eigenvalue weighted by atomic mass is 19.4. The molecule has 7 nitrogen and oxygen atoms in total. The van der Waals surface area contributed by atoms with Crippen LogP contribution in [0.5, 0.6) is 6.01 Å². The number of halogens is 3. The second kappa shape index (κ2) is 8.51. The number of rotatable bonds is 7. The Morgan fingerprint density at radius 1 is 1.00 bits per heavy atom. The molecule has 0 amide bonds. The maximum absolute atomic E-state index is 12.9. The third kappa shape index (κ3) is 5.29. The fraction of sp³-hybridized carbons (Fsp3) is 0.222. The number of hydrogen-bond acceptors (Lipinski definition) is 7. The molecule has 0 aliphatic rings. The van der Waals surface area contributed by atoms with Crippen molar-refractivity contribution in [1.29, 1.82) is 0 Å². The van der Waals surface area contributed by atoms with Gasteiger partial charge in [-0.15, -0.1) is 0 Å². The first-order valence-electron chi connectivity index (χ1n) is 8.41. The van der Waals surface area contributed by atoms with E-state index in [1.807, 2.05) is 12.1 Å². The van der Waals surface area contributed by atoms with E-state index in [-0.39, 0.29) is 23.6 Å². The second-order valence-corrected chi connectivity index (χ2v) is 5.58. The number of nitrogens with zero attached hydrogens (tertiary/aromatic N) is 4. The maximum Gasteiger partial charge on any atom is 0.416 e. The van der Waals surface area contributed by atoms with Gasteiger partial charge in [0, 0.05) is 11.9 Å². The standard InChI is InChI=1S/C18H17F3N6O/c1-2-28-17-26-15(23-11-14-7-3-4-9-22-14)25-16(27-17)24-13-8-5-6-12(10-13)18(19,20)21/h3-10H,2,11H2,1H3,(H2,23,24,25,26,27). The van der Waals surface area contributed by atoms with E-state index in [4.69, 9.17) is 4.74 Å². The Balaban J connectivity index is 1.81. The zero-order chi connectivity index (χ0) is 20.0. The molecule has 0 fully saturated rings. The van der Waals surface area contributed by atoms with E-state index in [1.54, 1.807) is 19.2 Å². The molecule has 2 N–H and O–H groups in total. The van der Waals surface area contributed by atoms with Gasteiger partial charge in [-0.2, -0.15) is 28.1 Å². The zero-order valence-electron chi connectivity index (χ0n) is 14.9. The fourth-order valence-electron chi connectivity index (χ4n) is 2.26. The molecule has 1 aromatic carbocycles. The van der Waals surface area contributed by atoms with Crippen molar-refractivity contribution >= 4 is 17.6 Å². The van der Waals surface area contributed by atoms with Crippen LogP contribution in [-0.4, -0.2) is 26.5 Å². The average Bonchev–Trinajstić information content (AvgIpc) is 2.67. The number of aromatic nitrogens is 4. The van der Waals surface area contributed by atoms with Crippen LogP contribution in [0.3, 0.4) is 0 Å². The average molecular weight is 390 g/mol. The highest BCUT2D eigenvalue weighted by molar-refractivity contribution is 5.55. The van der Waals surface area contributed by atoms with Crippen LogP contribution in [0.2, 0.25) is 0 Å². The molecule has 2 aromatic heterocycles. The highest BCUT2D eigenvalue weighted by Gasteiger charge is 2.30. The van der Waals surface area contributed by atoms with Crippen LogP contribution < -0.4 is 15.4 Å². The minimum atomic E-state index is -4.44. The number of ether oxygens (including phenoxy) is 1. The van der Waals surface area contributed by atoms with E-state index < -0.39 is 11.7 Å². The minimum Gasteiger partial charge on any atom is -0.464 e. The van der Waals surface area contributed by atoms with E-state index in [1.165, 1.54) is 12.1 Å². The van der Waals surface area contributed by atoms with Gasteiger partial charge in [-0.3, -0.25) is 4.98 Å². The Hall–Kier alpha value is -3.43. The van der Waals surface area contributed by atoms with Crippen molar-refractivity contribution in [1.82, 2.24) is 19.9 Å². The lowest BCUT2D eigenvalue weighted by Gasteiger charge is -2.12. The molecule has 2 heterocycles. The van der Waals surface area contributed by atoms with Crippen LogP contribution in [0.15, 0.2) is 48.7 Å². The molecule has 28 heavy (non-hydrogen) atoms. The van der Waals surface area contributed by atoms with Gasteiger partial charge in [0.15, 0.2) is 0 Å². The van der Waals surface area contributed by atoms with Crippen LogP contribution in [0.4, 0.5) is 30.8 Å². The van der Waals surface area contributed by atoms with E-state index in [9.17, 15) is 13.2 Å². The quantitative estimate of drug-likeness (QED) is 0.630. The predicted molar refractivity (Wildman–Crippen MR) is 97.3 cm³/mol. The summed E-state index contributed by atoms with van der Waals surface area (Å²) in [4.78, 5) is 16.6. The summed E-state index contributed by atoms with van der Waals surface area (Å²) in [5.41, 5.74) is 0.192. The Morgan fingerprint density at radius 2 is 1.82 bits per heavy atom. The van der Waals surface area contributed by atoms with Gasteiger partial charge in [0.25, 0.3) is 0 Å². The summed E-state index contributed by atoms with van der Waals surface area (Å²) < 4.78 is 44.0. The summed E-state index contributed by atoms with van der Waals surface area (Å²) in [6.07, 6.45) is -2.78. The third-order valence-electron chi connectivity index (χ3n) is 3.49. The van der Waals surface area contributed by atoms with Crippen LogP contribution in [0.25, 0.3) is 0 Å². The lowest BCUT2D eigenvalue weighted by molar-refractivity contribution is -0.137. The third-order valence-corrected chi connectivity index (χ3v) is 3.49. The molecule has 0 saturated carbocycles. The Kier molecular flexibility index (Phi) is 5.87. The van der Waals surface area contributed by atoms with Crippen molar-refractivity contribution in [3.8, 4) is 6.01 Å². The monoisotopic (exact) mass is 390 g/mol. The van der Waals surface area contributed by atoms with Crippen molar-refractivity contribution in [2.24, 2.45) is 0 Å². The number of nitrogens with one attached hydrogen (secondary N) is 2. The van der Waals surface area contributed by atoms with Crippen molar-refractivity contribution < 1.29 is 17.9 Å². The summed E-state index contributed by atoms with van der Waals surface area (Å²) in [5, 5.41) is 5.75. The largest absolute Gasteiger partial charge is 0.464 e. The lowest BCUT2D eigenvalue weighted by Crippen LogP contribution is -2.10. The Labute approximate surface area is 159 Å². The summed E-state index contributed by atoms with van der Waals surface area (Å²) in [6, 6.07) is 10.3. The molecule has 0 aliphatic carbocycles. The van der Waals surface area contributed by atoms with E-state index in [0.717, 1.165) is 17.8 Å². The van der Waals surface area contributed by atoms with E-state index in [2.05, 4.69) is 30.6 Å². The Morgan fingerprint density at radius 3 is 2.54 bits per heavy atom. The molecule has 0 bridgehead atoms. The first-order valence-corrected chi connectivity index (χ1v) is 8.41. The normalized spacial score (nSPS) is 11.1. The number of benzene rings is 1. The van der Waals surface area contributed by atoms with Gasteiger partial charge in [-0.25, -0.2) is 0 Å². The number of alkyl halides is 3. The van der Waals surface area contributed by atoms with Gasteiger partial charge < -0.3 is 15.4 Å². The van der Waals surface area contributed by atoms with Crippen molar-refractivity contribution in [3.05, 3.63) is 59.9 Å². The fourth-order valence-corrected chi connectivity index (χ4v) is 2.26. The molecule has 10 heteroatoms. The molecule has 0 saturated heterocycles. The topological polar surface area (TPSA) is 84.8 Å². The molecule has 0 atom stereocenters. The van der Waals surface area contributed by atoms with Gasteiger partial charge in [0.2, 0.25) is 11.9 Å². The number of pyridine rings is 1. The number of hydrogen-bond donors (Lipinski definition) is 2. The van der Waals surface area contributed by atoms with Crippen molar-refractivity contribution in [2.45, 2.75) is 19.6 Å². The van der Waals surface area contributed by atoms with Gasteiger partial charge in [-0.1, -0.05) is 12.1 Å². The van der Waals surface area contributed by atoms with Crippen molar-refractivity contribution in [2.75, 3.05) is 17.2 Å². The van der Waals surface area contributed by atoms with Gasteiger partial charge >= 0.3 is 12.2 Å². The van der Waals surface area contributed by atoms with Gasteiger partial charge in [0.1, 0.15) is 0 Å². The molecular formula is C18H17F3N6O. The first kappa shape index (κ1) is 19.3. The predicted octanol–water partition coefficient (Wildman–Crippen LogP) is 4.04. The van der Waals surface area contributed by atoms with E-state index >= 15 is 0 Å². The highest BCUT2D eigenvalue weighted by Crippen LogP contribution is 2.31. The SMILES string of the molecule is CCOc1nc(NCc2ccccn2)nc(Nc2cccc(C(F)(F)F)c2)n1. The van der Waals surface area contributed by atoms with Crippen LogP contribution in [0, 0.1) is 0 Å². The number of anilines is 3. The molecule has 0 spiro atoms. The van der Waals surface area contributed by atoms with Crippen LogP contribution in [-0.2, 0) is 12.7 Å². The van der Waals surface area contributed by atoms with Crippen LogP contribution in [0.1, 0.15) is 18.2 Å². The molecule has 0 aliphatic heterocycles. The smallest absolute Gasteiger partial charge is 0.416 e. The molecule has 0 radical (unpaired) electrons. The summed E-state index contributed by atoms with van der Waals surface area (Å²) in [6.45, 7) is 2.46. The lowest BCUT2D eigenvalue weighted by atomic mass is 10.2.